The molecule has 0 unspecified atom stereocenters. The second-order valence-corrected chi connectivity index (χ2v) is 7.42. The number of methoxy groups -OCH3 is 1. The molecule has 0 fully saturated rings. The Balaban J connectivity index is 1.87. The van der Waals surface area contributed by atoms with Crippen LogP contribution in [-0.4, -0.2) is 32.3 Å². The minimum atomic E-state index is -0.494. The van der Waals surface area contributed by atoms with Gasteiger partial charge < -0.3 is 19.0 Å². The molecule has 0 spiro atoms. The Labute approximate surface area is 179 Å². The number of carbonyl (C=O) groups is 1. The zero-order valence-electron chi connectivity index (χ0n) is 16.4. The van der Waals surface area contributed by atoms with Crippen LogP contribution in [0.15, 0.2) is 36.5 Å². The Hall–Kier alpha value is -2.28. The molecule has 3 aromatic rings. The summed E-state index contributed by atoms with van der Waals surface area (Å²) in [5, 5.41) is 10.3. The molecule has 29 heavy (non-hydrogen) atoms. The molecule has 8 heteroatoms. The lowest BCUT2D eigenvalue weighted by Crippen LogP contribution is -2.09. The average molecular weight is 436 g/mol. The number of unbranched alkanes of at least 4 members (excludes halogenated alkanes) is 1. The molecule has 2 heterocycles. The van der Waals surface area contributed by atoms with Crippen LogP contribution in [-0.2, 0) is 24.3 Å². The topological polar surface area (TPSA) is 69.3 Å². The van der Waals surface area contributed by atoms with Gasteiger partial charge in [0.1, 0.15) is 16.7 Å². The van der Waals surface area contributed by atoms with Crippen molar-refractivity contribution in [2.75, 3.05) is 7.11 Å². The van der Waals surface area contributed by atoms with Gasteiger partial charge in [-0.1, -0.05) is 48.7 Å². The number of esters is 1. The zero-order valence-corrected chi connectivity index (χ0v) is 17.9. The largest absolute Gasteiger partial charge is 0.464 e. The summed E-state index contributed by atoms with van der Waals surface area (Å²) in [5.74, 6) is 0.376. The number of halogens is 2. The smallest absolute Gasteiger partial charge is 0.356 e. The molecule has 0 saturated carbocycles. The molecule has 1 N–H and O–H groups in total. The molecule has 1 aromatic carbocycles. The van der Waals surface area contributed by atoms with Crippen LogP contribution in [0, 0.1) is 0 Å². The Morgan fingerprint density at radius 1 is 1.21 bits per heavy atom. The highest BCUT2D eigenvalue weighted by molar-refractivity contribution is 6.33. The van der Waals surface area contributed by atoms with E-state index in [0.29, 0.717) is 22.4 Å². The summed E-state index contributed by atoms with van der Waals surface area (Å²) in [6, 6.07) is 9.39. The molecule has 0 amide bonds. The predicted octanol–water partition coefficient (Wildman–Crippen LogP) is 4.65. The van der Waals surface area contributed by atoms with E-state index < -0.39 is 5.97 Å². The molecule has 0 aliphatic carbocycles. The third-order valence-corrected chi connectivity index (χ3v) is 5.45. The standard InChI is InChI=1S/C21H23Cl2N3O3/c1-3-4-5-18-24-17(13-27)20(23)26(18)12-14-6-8-15(9-7-14)25-11-10-16(22)19(25)21(28)29-2/h6-11,27H,3-5,12-13H2,1-2H3. The van der Waals surface area contributed by atoms with Crippen LogP contribution in [0.2, 0.25) is 10.2 Å². The first-order chi connectivity index (χ1) is 14.0. The predicted molar refractivity (Wildman–Crippen MR) is 113 cm³/mol. The number of aliphatic hydroxyl groups excluding tert-OH is 1. The number of aromatic nitrogens is 3. The van der Waals surface area contributed by atoms with E-state index in [-0.39, 0.29) is 12.3 Å². The number of hydrogen-bond acceptors (Lipinski definition) is 4. The van der Waals surface area contributed by atoms with Gasteiger partial charge in [0, 0.05) is 18.3 Å². The van der Waals surface area contributed by atoms with E-state index in [0.717, 1.165) is 36.3 Å². The second-order valence-electron chi connectivity index (χ2n) is 6.65. The molecule has 0 atom stereocenters. The lowest BCUT2D eigenvalue weighted by Gasteiger charge is -2.12. The van der Waals surface area contributed by atoms with Crippen LogP contribution in [0.5, 0.6) is 0 Å². The van der Waals surface area contributed by atoms with E-state index in [1.54, 1.807) is 16.8 Å². The molecule has 6 nitrogen and oxygen atoms in total. The van der Waals surface area contributed by atoms with Gasteiger partial charge in [-0.25, -0.2) is 9.78 Å². The summed E-state index contributed by atoms with van der Waals surface area (Å²) >= 11 is 12.6. The lowest BCUT2D eigenvalue weighted by molar-refractivity contribution is 0.0592. The number of imidazole rings is 1. The second kappa shape index (κ2) is 9.48. The van der Waals surface area contributed by atoms with Gasteiger partial charge in [0.2, 0.25) is 0 Å². The van der Waals surface area contributed by atoms with Crippen molar-refractivity contribution in [1.29, 1.82) is 0 Å². The van der Waals surface area contributed by atoms with Crippen molar-refractivity contribution in [3.8, 4) is 5.69 Å². The molecule has 2 aromatic heterocycles. The zero-order chi connectivity index (χ0) is 21.0. The summed E-state index contributed by atoms with van der Waals surface area (Å²) in [5.41, 5.74) is 2.60. The monoisotopic (exact) mass is 435 g/mol. The van der Waals surface area contributed by atoms with Crippen LogP contribution in [0.4, 0.5) is 0 Å². The molecular weight excluding hydrogens is 413 g/mol. The third kappa shape index (κ3) is 4.50. The fourth-order valence-corrected chi connectivity index (χ4v) is 3.66. The van der Waals surface area contributed by atoms with Gasteiger partial charge in [-0.3, -0.25) is 0 Å². The van der Waals surface area contributed by atoms with E-state index in [4.69, 9.17) is 27.9 Å². The summed E-state index contributed by atoms with van der Waals surface area (Å²) in [4.78, 5) is 16.5. The number of ether oxygens (including phenoxy) is 1. The van der Waals surface area contributed by atoms with Crippen molar-refractivity contribution >= 4 is 29.2 Å². The molecule has 154 valence electrons. The highest BCUT2D eigenvalue weighted by atomic mass is 35.5. The molecule has 0 radical (unpaired) electrons. The van der Waals surface area contributed by atoms with Crippen molar-refractivity contribution < 1.29 is 14.6 Å². The first kappa shape index (κ1) is 21.4. The lowest BCUT2D eigenvalue weighted by atomic mass is 10.2. The Morgan fingerprint density at radius 3 is 2.55 bits per heavy atom. The van der Waals surface area contributed by atoms with Gasteiger partial charge in [0.15, 0.2) is 5.69 Å². The third-order valence-electron chi connectivity index (χ3n) is 4.73. The van der Waals surface area contributed by atoms with Crippen molar-refractivity contribution in [1.82, 2.24) is 14.1 Å². The number of aryl methyl sites for hydroxylation is 1. The highest BCUT2D eigenvalue weighted by Crippen LogP contribution is 2.24. The molecule has 0 saturated heterocycles. The normalized spacial score (nSPS) is 11.1. The fourth-order valence-electron chi connectivity index (χ4n) is 3.18. The number of benzene rings is 1. The van der Waals surface area contributed by atoms with Gasteiger partial charge in [0.25, 0.3) is 0 Å². The molecule has 3 rings (SSSR count). The molecular formula is C21H23Cl2N3O3. The van der Waals surface area contributed by atoms with E-state index in [1.165, 1.54) is 7.11 Å². The SMILES string of the molecule is CCCCc1nc(CO)c(Cl)n1Cc1ccc(-n2ccc(Cl)c2C(=O)OC)cc1. The van der Waals surface area contributed by atoms with Crippen LogP contribution in [0.25, 0.3) is 5.69 Å². The Bertz CT molecular complexity index is 994. The summed E-state index contributed by atoms with van der Waals surface area (Å²) in [7, 11) is 1.32. The van der Waals surface area contributed by atoms with Gasteiger partial charge in [-0.05, 0) is 30.2 Å². The first-order valence-electron chi connectivity index (χ1n) is 9.39. The van der Waals surface area contributed by atoms with Crippen molar-refractivity contribution in [3.05, 3.63) is 69.5 Å². The van der Waals surface area contributed by atoms with Gasteiger partial charge >= 0.3 is 5.97 Å². The molecule has 0 aliphatic heterocycles. The number of nitrogens with zero attached hydrogens (tertiary/aromatic N) is 3. The highest BCUT2D eigenvalue weighted by Gasteiger charge is 2.18. The Kier molecular flexibility index (Phi) is 7.00. The minimum Gasteiger partial charge on any atom is -0.464 e. The van der Waals surface area contributed by atoms with Crippen LogP contribution in [0.3, 0.4) is 0 Å². The molecule has 0 aliphatic rings. The fraction of sp³-hybridized carbons (Fsp3) is 0.333. The first-order valence-corrected chi connectivity index (χ1v) is 10.1. The number of hydrogen-bond donors (Lipinski definition) is 1. The maximum absolute atomic E-state index is 12.0. The summed E-state index contributed by atoms with van der Waals surface area (Å²) in [6.07, 6.45) is 4.59. The van der Waals surface area contributed by atoms with E-state index in [9.17, 15) is 9.90 Å². The summed E-state index contributed by atoms with van der Waals surface area (Å²) in [6.45, 7) is 2.48. The Morgan fingerprint density at radius 2 is 1.93 bits per heavy atom. The maximum atomic E-state index is 12.0. The summed E-state index contributed by atoms with van der Waals surface area (Å²) < 4.78 is 8.45. The van der Waals surface area contributed by atoms with Gasteiger partial charge in [-0.2, -0.15) is 0 Å². The number of rotatable bonds is 8. The van der Waals surface area contributed by atoms with E-state index in [2.05, 4.69) is 11.9 Å². The van der Waals surface area contributed by atoms with Crippen LogP contribution >= 0.6 is 23.2 Å². The minimum absolute atomic E-state index is 0.186. The van der Waals surface area contributed by atoms with Crippen molar-refractivity contribution in [2.24, 2.45) is 0 Å². The van der Waals surface area contributed by atoms with Gasteiger partial charge in [-0.15, -0.1) is 0 Å². The number of carbonyl (C=O) groups excluding carboxylic acids is 1. The molecule has 0 bridgehead atoms. The van der Waals surface area contributed by atoms with Crippen molar-refractivity contribution in [2.45, 2.75) is 39.3 Å². The van der Waals surface area contributed by atoms with E-state index in [1.807, 2.05) is 28.8 Å². The van der Waals surface area contributed by atoms with E-state index >= 15 is 0 Å². The van der Waals surface area contributed by atoms with Crippen LogP contribution in [0.1, 0.15) is 47.3 Å². The van der Waals surface area contributed by atoms with Gasteiger partial charge in [0.05, 0.1) is 25.3 Å². The maximum Gasteiger partial charge on any atom is 0.356 e. The quantitative estimate of drug-likeness (QED) is 0.522. The average Bonchev–Trinajstić information content (AvgIpc) is 3.26. The van der Waals surface area contributed by atoms with Crippen molar-refractivity contribution in [3.63, 3.8) is 0 Å². The number of aliphatic hydroxyl groups is 1. The van der Waals surface area contributed by atoms with Crippen LogP contribution < -0.4 is 0 Å².